The standard InChI is InChI=1S/C19H20F2N4O2/c1-2-24-5-7-25(8-6-24)19(27)14-9-13(11-22-12-14)18(26)23-17-4-3-15(20)10-16(17)21/h3-4,9-12H,2,5-8H2,1H3,(H,23,26). The summed E-state index contributed by atoms with van der Waals surface area (Å²) in [6.45, 7) is 5.86. The molecule has 6 nitrogen and oxygen atoms in total. The second-order valence-corrected chi connectivity index (χ2v) is 6.27. The lowest BCUT2D eigenvalue weighted by Gasteiger charge is -2.34. The monoisotopic (exact) mass is 374 g/mol. The largest absolute Gasteiger partial charge is 0.336 e. The van der Waals surface area contributed by atoms with Gasteiger partial charge in [-0.3, -0.25) is 14.6 Å². The predicted molar refractivity (Wildman–Crippen MR) is 96.6 cm³/mol. The minimum absolute atomic E-state index is 0.122. The minimum Gasteiger partial charge on any atom is -0.336 e. The number of nitrogens with one attached hydrogen (secondary N) is 1. The molecule has 142 valence electrons. The van der Waals surface area contributed by atoms with Gasteiger partial charge in [0.15, 0.2) is 0 Å². The number of nitrogens with zero attached hydrogens (tertiary/aromatic N) is 3. The van der Waals surface area contributed by atoms with Crippen molar-refractivity contribution in [2.24, 2.45) is 0 Å². The van der Waals surface area contributed by atoms with E-state index in [0.717, 1.165) is 31.8 Å². The Bertz CT molecular complexity index is 851. The van der Waals surface area contributed by atoms with Gasteiger partial charge in [-0.25, -0.2) is 8.78 Å². The number of halogens is 2. The molecular weight excluding hydrogens is 354 g/mol. The zero-order chi connectivity index (χ0) is 19.4. The molecule has 3 rings (SSSR count). The first-order valence-corrected chi connectivity index (χ1v) is 8.71. The topological polar surface area (TPSA) is 65.5 Å². The van der Waals surface area contributed by atoms with Crippen LogP contribution in [0, 0.1) is 11.6 Å². The molecule has 0 spiro atoms. The summed E-state index contributed by atoms with van der Waals surface area (Å²) in [5.41, 5.74) is 0.276. The summed E-state index contributed by atoms with van der Waals surface area (Å²) in [7, 11) is 0. The quantitative estimate of drug-likeness (QED) is 0.893. The lowest BCUT2D eigenvalue weighted by Crippen LogP contribution is -2.48. The zero-order valence-corrected chi connectivity index (χ0v) is 14.9. The summed E-state index contributed by atoms with van der Waals surface area (Å²) in [4.78, 5) is 32.9. The second kappa shape index (κ2) is 8.22. The molecule has 2 aromatic rings. The molecule has 2 amide bonds. The van der Waals surface area contributed by atoms with Gasteiger partial charge in [-0.2, -0.15) is 0 Å². The molecule has 0 radical (unpaired) electrons. The third kappa shape index (κ3) is 4.46. The second-order valence-electron chi connectivity index (χ2n) is 6.27. The van der Waals surface area contributed by atoms with E-state index in [1.54, 1.807) is 4.90 Å². The highest BCUT2D eigenvalue weighted by atomic mass is 19.1. The summed E-state index contributed by atoms with van der Waals surface area (Å²) >= 11 is 0. The van der Waals surface area contributed by atoms with E-state index < -0.39 is 17.5 Å². The van der Waals surface area contributed by atoms with Gasteiger partial charge < -0.3 is 15.1 Å². The molecule has 1 aliphatic rings. The maximum atomic E-state index is 13.7. The van der Waals surface area contributed by atoms with Crippen molar-refractivity contribution in [3.63, 3.8) is 0 Å². The number of benzene rings is 1. The Morgan fingerprint density at radius 1 is 1.07 bits per heavy atom. The molecule has 1 fully saturated rings. The Morgan fingerprint density at radius 2 is 1.78 bits per heavy atom. The first-order valence-electron chi connectivity index (χ1n) is 8.71. The van der Waals surface area contributed by atoms with Crippen LogP contribution in [0.1, 0.15) is 27.6 Å². The fourth-order valence-corrected chi connectivity index (χ4v) is 2.92. The van der Waals surface area contributed by atoms with Crippen LogP contribution in [0.15, 0.2) is 36.7 Å². The smallest absolute Gasteiger partial charge is 0.257 e. The van der Waals surface area contributed by atoms with E-state index in [2.05, 4.69) is 22.1 Å². The number of hydrogen-bond donors (Lipinski definition) is 1. The molecule has 0 unspecified atom stereocenters. The van der Waals surface area contributed by atoms with E-state index in [4.69, 9.17) is 0 Å². The Balaban J connectivity index is 1.71. The summed E-state index contributed by atoms with van der Waals surface area (Å²) < 4.78 is 26.7. The number of anilines is 1. The van der Waals surface area contributed by atoms with Gasteiger partial charge in [0, 0.05) is 44.6 Å². The minimum atomic E-state index is -0.877. The molecule has 0 saturated carbocycles. The molecule has 1 aromatic heterocycles. The van der Waals surface area contributed by atoms with Crippen LogP contribution in [0.4, 0.5) is 14.5 Å². The third-order valence-corrected chi connectivity index (χ3v) is 4.53. The molecule has 0 atom stereocenters. The summed E-state index contributed by atoms with van der Waals surface area (Å²) in [5, 5.41) is 2.36. The van der Waals surface area contributed by atoms with E-state index in [9.17, 15) is 18.4 Å². The number of hydrogen-bond acceptors (Lipinski definition) is 4. The fourth-order valence-electron chi connectivity index (χ4n) is 2.92. The number of carbonyl (C=O) groups is 2. The molecule has 1 N–H and O–H groups in total. The van der Waals surface area contributed by atoms with E-state index in [0.29, 0.717) is 24.7 Å². The number of pyridine rings is 1. The molecule has 27 heavy (non-hydrogen) atoms. The van der Waals surface area contributed by atoms with Crippen LogP contribution in [-0.2, 0) is 0 Å². The summed E-state index contributed by atoms with van der Waals surface area (Å²) in [5.74, 6) is -2.43. The first-order chi connectivity index (χ1) is 13.0. The van der Waals surface area contributed by atoms with E-state index >= 15 is 0 Å². The van der Waals surface area contributed by atoms with Crippen molar-refractivity contribution in [3.8, 4) is 0 Å². The first kappa shape index (κ1) is 18.9. The average Bonchev–Trinajstić information content (AvgIpc) is 2.69. The Morgan fingerprint density at radius 3 is 2.44 bits per heavy atom. The van der Waals surface area contributed by atoms with Gasteiger partial charge in [0.1, 0.15) is 11.6 Å². The van der Waals surface area contributed by atoms with Crippen molar-refractivity contribution in [2.75, 3.05) is 38.0 Å². The number of aromatic nitrogens is 1. The van der Waals surface area contributed by atoms with Crippen LogP contribution < -0.4 is 5.32 Å². The fraction of sp³-hybridized carbons (Fsp3) is 0.316. The molecule has 1 aliphatic heterocycles. The van der Waals surface area contributed by atoms with Crippen LogP contribution in [0.3, 0.4) is 0 Å². The molecule has 1 aromatic carbocycles. The van der Waals surface area contributed by atoms with Crippen LogP contribution in [0.5, 0.6) is 0 Å². The van der Waals surface area contributed by atoms with Crippen LogP contribution >= 0.6 is 0 Å². The van der Waals surface area contributed by atoms with E-state index in [1.807, 2.05) is 0 Å². The molecule has 8 heteroatoms. The highest BCUT2D eigenvalue weighted by Gasteiger charge is 2.22. The number of carbonyl (C=O) groups excluding carboxylic acids is 2. The van der Waals surface area contributed by atoms with Gasteiger partial charge in [-0.1, -0.05) is 6.92 Å². The lowest BCUT2D eigenvalue weighted by atomic mass is 10.1. The maximum Gasteiger partial charge on any atom is 0.257 e. The van der Waals surface area contributed by atoms with Crippen molar-refractivity contribution in [1.29, 1.82) is 0 Å². The van der Waals surface area contributed by atoms with Gasteiger partial charge in [-0.15, -0.1) is 0 Å². The predicted octanol–water partition coefficient (Wildman–Crippen LogP) is 2.39. The maximum absolute atomic E-state index is 13.7. The number of amides is 2. The Labute approximate surface area is 155 Å². The molecule has 0 aliphatic carbocycles. The van der Waals surface area contributed by atoms with E-state index in [-0.39, 0.29) is 17.2 Å². The highest BCUT2D eigenvalue weighted by molar-refractivity contribution is 6.05. The third-order valence-electron chi connectivity index (χ3n) is 4.53. The molecule has 2 heterocycles. The summed E-state index contributed by atoms with van der Waals surface area (Å²) in [6, 6.07) is 4.30. The number of likely N-dealkylation sites (N-methyl/N-ethyl adjacent to an activating group) is 1. The molecular formula is C19H20F2N4O2. The van der Waals surface area contributed by atoms with Crippen LogP contribution in [-0.4, -0.2) is 59.3 Å². The van der Waals surface area contributed by atoms with Crippen LogP contribution in [0.2, 0.25) is 0 Å². The number of piperazine rings is 1. The van der Waals surface area contributed by atoms with Crippen molar-refractivity contribution in [1.82, 2.24) is 14.8 Å². The Kier molecular flexibility index (Phi) is 5.75. The van der Waals surface area contributed by atoms with Crippen molar-refractivity contribution < 1.29 is 18.4 Å². The SMILES string of the molecule is CCN1CCN(C(=O)c2cncc(C(=O)Nc3ccc(F)cc3F)c2)CC1. The van der Waals surface area contributed by atoms with Gasteiger partial charge in [-0.05, 0) is 24.7 Å². The van der Waals surface area contributed by atoms with E-state index in [1.165, 1.54) is 18.5 Å². The number of rotatable bonds is 4. The zero-order valence-electron chi connectivity index (χ0n) is 14.9. The average molecular weight is 374 g/mol. The van der Waals surface area contributed by atoms with Gasteiger partial charge in [0.2, 0.25) is 0 Å². The van der Waals surface area contributed by atoms with Crippen molar-refractivity contribution >= 4 is 17.5 Å². The van der Waals surface area contributed by atoms with Gasteiger partial charge >= 0.3 is 0 Å². The van der Waals surface area contributed by atoms with Crippen molar-refractivity contribution in [2.45, 2.75) is 6.92 Å². The normalized spacial score (nSPS) is 14.9. The lowest BCUT2D eigenvalue weighted by molar-refractivity contribution is 0.0643. The highest BCUT2D eigenvalue weighted by Crippen LogP contribution is 2.17. The molecule has 1 saturated heterocycles. The summed E-state index contributed by atoms with van der Waals surface area (Å²) in [6.07, 6.45) is 2.70. The van der Waals surface area contributed by atoms with Crippen molar-refractivity contribution in [3.05, 3.63) is 59.4 Å². The molecule has 0 bridgehead atoms. The van der Waals surface area contributed by atoms with Crippen LogP contribution in [0.25, 0.3) is 0 Å². The Hall–Kier alpha value is -2.87. The van der Waals surface area contributed by atoms with Gasteiger partial charge in [0.25, 0.3) is 11.8 Å². The van der Waals surface area contributed by atoms with Gasteiger partial charge in [0.05, 0.1) is 16.8 Å².